The van der Waals surface area contributed by atoms with E-state index >= 15 is 0 Å². The van der Waals surface area contributed by atoms with Crippen molar-refractivity contribution in [3.8, 4) is 0 Å². The third-order valence-electron chi connectivity index (χ3n) is 3.64. The number of ether oxygens (including phenoxy) is 3. The third kappa shape index (κ3) is 7.51. The minimum Gasteiger partial charge on any atom is -0.387 e. The van der Waals surface area contributed by atoms with Crippen LogP contribution < -0.4 is 0 Å². The summed E-state index contributed by atoms with van der Waals surface area (Å²) in [6.45, 7) is 7.56. The van der Waals surface area contributed by atoms with Crippen molar-refractivity contribution in [3.05, 3.63) is 24.3 Å². The Morgan fingerprint density at radius 1 is 0.783 bits per heavy atom. The fourth-order valence-electron chi connectivity index (χ4n) is 2.33. The molecule has 0 aromatic carbocycles. The van der Waals surface area contributed by atoms with Crippen LogP contribution in [0.5, 0.6) is 0 Å². The van der Waals surface area contributed by atoms with Crippen LogP contribution in [0.3, 0.4) is 0 Å². The Labute approximate surface area is 136 Å². The predicted molar refractivity (Wildman–Crippen MR) is 83.9 cm³/mol. The Morgan fingerprint density at radius 3 is 1.57 bits per heavy atom. The Morgan fingerprint density at radius 2 is 1.17 bits per heavy atom. The first-order valence-corrected chi connectivity index (χ1v) is 7.93. The van der Waals surface area contributed by atoms with Crippen molar-refractivity contribution >= 4 is 11.9 Å². The number of esters is 2. The van der Waals surface area contributed by atoms with Crippen LogP contribution in [0.2, 0.25) is 0 Å². The van der Waals surface area contributed by atoms with E-state index in [1.165, 1.54) is 12.2 Å². The number of hydrogen-bond donors (Lipinski definition) is 0. The van der Waals surface area contributed by atoms with Gasteiger partial charge in [0.15, 0.2) is 0 Å². The number of hydrogen-bond acceptors (Lipinski definition) is 7. The molecule has 128 valence electrons. The van der Waals surface area contributed by atoms with Crippen LogP contribution in [-0.2, 0) is 23.8 Å². The molecule has 0 saturated carbocycles. The first kappa shape index (κ1) is 17.8. The highest BCUT2D eigenvalue weighted by atomic mass is 16.6. The normalized spacial score (nSPS) is 21.0. The summed E-state index contributed by atoms with van der Waals surface area (Å²) >= 11 is 0. The van der Waals surface area contributed by atoms with Crippen LogP contribution in [-0.4, -0.2) is 87.4 Å². The first-order chi connectivity index (χ1) is 11.2. The highest BCUT2D eigenvalue weighted by Crippen LogP contribution is 1.98. The molecule has 2 aliphatic rings. The van der Waals surface area contributed by atoms with Gasteiger partial charge in [-0.05, 0) is 0 Å². The van der Waals surface area contributed by atoms with Crippen molar-refractivity contribution < 1.29 is 23.8 Å². The topological polar surface area (TPSA) is 68.3 Å². The summed E-state index contributed by atoms with van der Waals surface area (Å²) in [5, 5.41) is 0. The van der Waals surface area contributed by atoms with Crippen LogP contribution in [0.1, 0.15) is 0 Å². The van der Waals surface area contributed by atoms with Gasteiger partial charge in [-0.2, -0.15) is 0 Å². The molecule has 0 spiro atoms. The minimum atomic E-state index is -0.640. The van der Waals surface area contributed by atoms with Gasteiger partial charge in [-0.15, -0.1) is 0 Å². The highest BCUT2D eigenvalue weighted by Gasteiger charge is 2.10. The maximum absolute atomic E-state index is 11.5. The van der Waals surface area contributed by atoms with Gasteiger partial charge < -0.3 is 14.2 Å². The van der Waals surface area contributed by atoms with Gasteiger partial charge in [0.2, 0.25) is 0 Å². The summed E-state index contributed by atoms with van der Waals surface area (Å²) in [7, 11) is 0. The summed E-state index contributed by atoms with van der Waals surface area (Å²) in [6, 6.07) is 0. The molecule has 0 amide bonds. The van der Waals surface area contributed by atoms with Crippen LogP contribution >= 0.6 is 0 Å². The van der Waals surface area contributed by atoms with E-state index < -0.39 is 11.9 Å². The number of carbonyl (C=O) groups is 2. The maximum atomic E-state index is 11.5. The van der Waals surface area contributed by atoms with E-state index in [1.807, 2.05) is 0 Å². The summed E-state index contributed by atoms with van der Waals surface area (Å²) in [4.78, 5) is 27.4. The predicted octanol–water partition coefficient (Wildman–Crippen LogP) is -0.167. The Kier molecular flexibility index (Phi) is 7.96. The second kappa shape index (κ2) is 10.3. The monoisotopic (exact) mass is 324 g/mol. The molecule has 0 bridgehead atoms. The Bertz CT molecular complexity index is 398. The lowest BCUT2D eigenvalue weighted by atomic mass is 10.4. The van der Waals surface area contributed by atoms with Gasteiger partial charge in [0, 0.05) is 51.4 Å². The molecule has 7 nitrogen and oxygen atoms in total. The van der Waals surface area contributed by atoms with Crippen molar-refractivity contribution in [3.63, 3.8) is 0 Å². The average Bonchev–Trinajstić information content (AvgIpc) is 2.57. The quantitative estimate of drug-likeness (QED) is 0.382. The Balaban J connectivity index is 1.60. The number of nitrogens with zero attached hydrogens (tertiary/aromatic N) is 2. The van der Waals surface area contributed by atoms with Gasteiger partial charge in [-0.1, -0.05) is 12.2 Å². The molecule has 0 aromatic rings. The van der Waals surface area contributed by atoms with E-state index in [0.717, 1.165) is 26.2 Å². The van der Waals surface area contributed by atoms with Gasteiger partial charge in [0.1, 0.15) is 0 Å². The summed E-state index contributed by atoms with van der Waals surface area (Å²) in [5.74, 6) is -1.28. The molecular formula is C16H24N2O5. The number of morpholine rings is 2. The fraction of sp³-hybridized carbons (Fsp3) is 0.625. The van der Waals surface area contributed by atoms with Crippen LogP contribution in [0.4, 0.5) is 0 Å². The largest absolute Gasteiger partial charge is 0.387 e. The maximum Gasteiger partial charge on any atom is 0.338 e. The zero-order valence-corrected chi connectivity index (χ0v) is 13.3. The Hall–Kier alpha value is -1.54. The molecule has 0 unspecified atom stereocenters. The second-order valence-electron chi connectivity index (χ2n) is 5.37. The zero-order chi connectivity index (χ0) is 16.3. The lowest BCUT2D eigenvalue weighted by Crippen LogP contribution is -2.36. The molecule has 2 aliphatic heterocycles. The van der Waals surface area contributed by atoms with Crippen LogP contribution in [0, 0.1) is 0 Å². The van der Waals surface area contributed by atoms with E-state index in [4.69, 9.17) is 14.2 Å². The SMILES string of the molecule is O=C(/C=C/CN1CCOCC1)OC(=O)/C=C/CN1CCOCC1. The van der Waals surface area contributed by atoms with Gasteiger partial charge in [0.05, 0.1) is 26.4 Å². The smallest absolute Gasteiger partial charge is 0.338 e. The number of rotatable bonds is 6. The van der Waals surface area contributed by atoms with E-state index in [0.29, 0.717) is 39.5 Å². The molecule has 0 radical (unpaired) electrons. The third-order valence-corrected chi connectivity index (χ3v) is 3.64. The van der Waals surface area contributed by atoms with Crippen molar-refractivity contribution in [2.24, 2.45) is 0 Å². The molecule has 0 aliphatic carbocycles. The number of carbonyl (C=O) groups excluding carboxylic acids is 2. The standard InChI is InChI=1S/C16H24N2O5/c19-15(3-1-5-17-7-11-21-12-8-17)23-16(20)4-2-6-18-9-13-22-14-10-18/h1-4H,5-14H2/b3-1+,4-2+. The van der Waals surface area contributed by atoms with E-state index in [1.54, 1.807) is 12.2 Å². The molecule has 7 heteroatoms. The molecule has 2 saturated heterocycles. The molecule has 2 heterocycles. The molecule has 0 N–H and O–H groups in total. The summed E-state index contributed by atoms with van der Waals surface area (Å²) in [5.41, 5.74) is 0. The molecule has 0 aromatic heterocycles. The van der Waals surface area contributed by atoms with Crippen molar-refractivity contribution in [1.82, 2.24) is 9.80 Å². The summed E-state index contributed by atoms with van der Waals surface area (Å²) < 4.78 is 15.2. The van der Waals surface area contributed by atoms with Crippen molar-refractivity contribution in [2.45, 2.75) is 0 Å². The molecule has 23 heavy (non-hydrogen) atoms. The highest BCUT2D eigenvalue weighted by molar-refractivity contribution is 5.96. The lowest BCUT2D eigenvalue weighted by molar-refractivity contribution is -0.152. The zero-order valence-electron chi connectivity index (χ0n) is 13.3. The second-order valence-corrected chi connectivity index (χ2v) is 5.37. The molecule has 0 atom stereocenters. The first-order valence-electron chi connectivity index (χ1n) is 7.93. The lowest BCUT2D eigenvalue weighted by Gasteiger charge is -2.25. The molecular weight excluding hydrogens is 300 g/mol. The summed E-state index contributed by atoms with van der Waals surface area (Å²) in [6.07, 6.45) is 6.00. The van der Waals surface area contributed by atoms with Gasteiger partial charge >= 0.3 is 11.9 Å². The van der Waals surface area contributed by atoms with Crippen LogP contribution in [0.15, 0.2) is 24.3 Å². The molecule has 2 rings (SSSR count). The molecule has 2 fully saturated rings. The average molecular weight is 324 g/mol. The van der Waals surface area contributed by atoms with E-state index in [-0.39, 0.29) is 0 Å². The fourth-order valence-corrected chi connectivity index (χ4v) is 2.33. The minimum absolute atomic E-state index is 0.640. The van der Waals surface area contributed by atoms with Gasteiger partial charge in [0.25, 0.3) is 0 Å². The van der Waals surface area contributed by atoms with Gasteiger partial charge in [-0.3, -0.25) is 9.80 Å². The van der Waals surface area contributed by atoms with Crippen molar-refractivity contribution in [1.29, 1.82) is 0 Å². The van der Waals surface area contributed by atoms with Crippen LogP contribution in [0.25, 0.3) is 0 Å². The van der Waals surface area contributed by atoms with E-state index in [9.17, 15) is 9.59 Å². The van der Waals surface area contributed by atoms with Gasteiger partial charge in [-0.25, -0.2) is 9.59 Å². The van der Waals surface area contributed by atoms with Crippen molar-refractivity contribution in [2.75, 3.05) is 65.7 Å². The van der Waals surface area contributed by atoms with E-state index in [2.05, 4.69) is 9.80 Å².